The van der Waals surface area contributed by atoms with Crippen LogP contribution in [-0.2, 0) is 0 Å². The van der Waals surface area contributed by atoms with Crippen molar-refractivity contribution in [2.75, 3.05) is 0 Å². The molecule has 0 fully saturated rings. The summed E-state index contributed by atoms with van der Waals surface area (Å²) in [7, 11) is 0. The van der Waals surface area contributed by atoms with Crippen molar-refractivity contribution in [1.29, 1.82) is 0 Å². The predicted molar refractivity (Wildman–Crippen MR) is 81.2 cm³/mol. The van der Waals surface area contributed by atoms with Crippen molar-refractivity contribution in [1.82, 2.24) is 0 Å². The molecule has 0 bridgehead atoms. The fourth-order valence-electron chi connectivity index (χ4n) is 2.10. The molecule has 98 valence electrons. The number of hydrogen-bond acceptors (Lipinski definition) is 3. The normalized spacial score (nSPS) is 10.6. The van der Waals surface area contributed by atoms with Crippen molar-refractivity contribution in [2.45, 2.75) is 9.79 Å². The lowest BCUT2D eigenvalue weighted by atomic mass is 10.1. The van der Waals surface area contributed by atoms with Gasteiger partial charge in [-0.15, -0.1) is 0 Å². The third-order valence-corrected chi connectivity index (χ3v) is 4.17. The van der Waals surface area contributed by atoms with Crippen molar-refractivity contribution in [3.05, 3.63) is 76.8 Å². The molecule has 0 saturated heterocycles. The van der Waals surface area contributed by atoms with E-state index < -0.39 is 0 Å². The number of hydrogen-bond donors (Lipinski definition) is 0. The van der Waals surface area contributed by atoms with Gasteiger partial charge in [-0.1, -0.05) is 60.3 Å². The van der Waals surface area contributed by atoms with Gasteiger partial charge in [0.2, 0.25) is 0 Å². The number of benzene rings is 3. The van der Waals surface area contributed by atoms with Crippen LogP contribution in [-0.4, -0.2) is 4.92 Å². The maximum atomic E-state index is 11.1. The van der Waals surface area contributed by atoms with Gasteiger partial charge >= 0.3 is 0 Å². The fraction of sp³-hybridized carbons (Fsp3) is 0. The summed E-state index contributed by atoms with van der Waals surface area (Å²) in [5.41, 5.74) is 0.144. The summed E-state index contributed by atoms with van der Waals surface area (Å²) in [5.74, 6) is 0. The van der Waals surface area contributed by atoms with Crippen LogP contribution in [0.4, 0.5) is 5.69 Å². The molecule has 4 heteroatoms. The van der Waals surface area contributed by atoms with Crippen LogP contribution in [0.5, 0.6) is 0 Å². The molecule has 3 nitrogen and oxygen atoms in total. The summed E-state index contributed by atoms with van der Waals surface area (Å²) in [5, 5.41) is 13.3. The number of fused-ring (bicyclic) bond motifs is 1. The van der Waals surface area contributed by atoms with Crippen LogP contribution >= 0.6 is 11.8 Å². The zero-order valence-electron chi connectivity index (χ0n) is 10.5. The monoisotopic (exact) mass is 281 g/mol. The van der Waals surface area contributed by atoms with E-state index in [0.29, 0.717) is 4.90 Å². The molecule has 0 aromatic heterocycles. The molecule has 0 saturated carbocycles. The molecule has 0 radical (unpaired) electrons. The number of nitro groups is 1. The highest BCUT2D eigenvalue weighted by Crippen LogP contribution is 2.37. The minimum Gasteiger partial charge on any atom is -0.258 e. The average Bonchev–Trinajstić information content (AvgIpc) is 2.48. The molecule has 20 heavy (non-hydrogen) atoms. The topological polar surface area (TPSA) is 43.1 Å². The highest BCUT2D eigenvalue weighted by molar-refractivity contribution is 7.99. The summed E-state index contributed by atoms with van der Waals surface area (Å²) in [6.45, 7) is 0. The van der Waals surface area contributed by atoms with E-state index in [4.69, 9.17) is 0 Å². The van der Waals surface area contributed by atoms with Crippen LogP contribution < -0.4 is 0 Å². The second-order valence-corrected chi connectivity index (χ2v) is 5.39. The molecule has 3 aromatic carbocycles. The second-order valence-electron chi connectivity index (χ2n) is 4.30. The molecule has 0 amide bonds. The van der Waals surface area contributed by atoms with Gasteiger partial charge in [-0.3, -0.25) is 10.1 Å². The molecule has 3 aromatic rings. The third kappa shape index (κ3) is 2.38. The summed E-state index contributed by atoms with van der Waals surface area (Å²) in [6, 6.07) is 20.9. The Hall–Kier alpha value is -2.33. The van der Waals surface area contributed by atoms with E-state index in [-0.39, 0.29) is 10.6 Å². The Labute approximate surface area is 120 Å². The minimum atomic E-state index is -0.340. The van der Waals surface area contributed by atoms with Crippen LogP contribution in [0, 0.1) is 10.1 Å². The standard InChI is InChI=1S/C16H11NO2S/c18-17(19)14-9-3-4-10-16(14)20-15-11-5-7-12-6-1-2-8-13(12)15/h1-11H. The van der Waals surface area contributed by atoms with E-state index in [0.717, 1.165) is 15.7 Å². The Balaban J connectivity index is 2.08. The molecule has 0 unspecified atom stereocenters. The largest absolute Gasteiger partial charge is 0.283 e. The highest BCUT2D eigenvalue weighted by atomic mass is 32.2. The first-order valence-corrected chi connectivity index (χ1v) is 6.96. The van der Waals surface area contributed by atoms with E-state index in [1.807, 2.05) is 48.5 Å². The second kappa shape index (κ2) is 5.35. The first-order valence-electron chi connectivity index (χ1n) is 6.15. The first-order chi connectivity index (χ1) is 9.75. The molecule has 0 aliphatic rings. The van der Waals surface area contributed by atoms with Crippen LogP contribution in [0.25, 0.3) is 10.8 Å². The lowest BCUT2D eigenvalue weighted by Crippen LogP contribution is -1.90. The van der Waals surface area contributed by atoms with Crippen molar-refractivity contribution in [2.24, 2.45) is 0 Å². The Kier molecular flexibility index (Phi) is 3.39. The summed E-state index contributed by atoms with van der Waals surface area (Å²) < 4.78 is 0. The van der Waals surface area contributed by atoms with Gasteiger partial charge in [-0.05, 0) is 22.9 Å². The molecule has 3 rings (SSSR count). The molecule has 0 heterocycles. The van der Waals surface area contributed by atoms with Crippen LogP contribution in [0.1, 0.15) is 0 Å². The van der Waals surface area contributed by atoms with Crippen molar-refractivity contribution >= 4 is 28.2 Å². The van der Waals surface area contributed by atoms with Gasteiger partial charge < -0.3 is 0 Å². The van der Waals surface area contributed by atoms with Crippen LogP contribution in [0.15, 0.2) is 76.5 Å². The van der Waals surface area contributed by atoms with Crippen LogP contribution in [0.3, 0.4) is 0 Å². The summed E-state index contributed by atoms with van der Waals surface area (Å²) in [6.07, 6.45) is 0. The van der Waals surface area contributed by atoms with Gasteiger partial charge in [0.1, 0.15) is 0 Å². The van der Waals surface area contributed by atoms with E-state index >= 15 is 0 Å². The van der Waals surface area contributed by atoms with Gasteiger partial charge in [0.15, 0.2) is 0 Å². The van der Waals surface area contributed by atoms with E-state index in [9.17, 15) is 10.1 Å². The van der Waals surface area contributed by atoms with Gasteiger partial charge in [-0.25, -0.2) is 0 Å². The number of nitro benzene ring substituents is 1. The Morgan fingerprint density at radius 3 is 2.30 bits per heavy atom. The molecular formula is C16H11NO2S. The quantitative estimate of drug-likeness (QED) is 0.506. The molecule has 0 spiro atoms. The van der Waals surface area contributed by atoms with E-state index in [1.54, 1.807) is 12.1 Å². The molecule has 0 aliphatic heterocycles. The zero-order valence-corrected chi connectivity index (χ0v) is 11.3. The average molecular weight is 281 g/mol. The number of rotatable bonds is 3. The molecule has 0 aliphatic carbocycles. The highest BCUT2D eigenvalue weighted by Gasteiger charge is 2.14. The Bertz CT molecular complexity index is 781. The van der Waals surface area contributed by atoms with Gasteiger partial charge in [0, 0.05) is 11.0 Å². The van der Waals surface area contributed by atoms with Crippen molar-refractivity contribution in [3.8, 4) is 0 Å². The molecular weight excluding hydrogens is 270 g/mol. The molecule has 0 atom stereocenters. The maximum Gasteiger partial charge on any atom is 0.283 e. The summed E-state index contributed by atoms with van der Waals surface area (Å²) in [4.78, 5) is 12.4. The smallest absolute Gasteiger partial charge is 0.258 e. The van der Waals surface area contributed by atoms with Gasteiger partial charge in [0.25, 0.3) is 5.69 Å². The van der Waals surface area contributed by atoms with Gasteiger partial charge in [-0.2, -0.15) is 0 Å². The van der Waals surface area contributed by atoms with Crippen molar-refractivity contribution in [3.63, 3.8) is 0 Å². The van der Waals surface area contributed by atoms with Crippen LogP contribution in [0.2, 0.25) is 0 Å². The third-order valence-electron chi connectivity index (χ3n) is 3.03. The van der Waals surface area contributed by atoms with Gasteiger partial charge in [0.05, 0.1) is 9.82 Å². The Morgan fingerprint density at radius 1 is 0.800 bits per heavy atom. The number of nitrogens with zero attached hydrogens (tertiary/aromatic N) is 1. The minimum absolute atomic E-state index is 0.144. The zero-order chi connectivity index (χ0) is 13.9. The first kappa shape index (κ1) is 12.7. The lowest BCUT2D eigenvalue weighted by molar-refractivity contribution is -0.387. The van der Waals surface area contributed by atoms with E-state index in [2.05, 4.69) is 0 Å². The van der Waals surface area contributed by atoms with E-state index in [1.165, 1.54) is 17.8 Å². The lowest BCUT2D eigenvalue weighted by Gasteiger charge is -2.06. The molecule has 0 N–H and O–H groups in total. The Morgan fingerprint density at radius 2 is 1.45 bits per heavy atom. The number of para-hydroxylation sites is 1. The maximum absolute atomic E-state index is 11.1. The predicted octanol–water partition coefficient (Wildman–Crippen LogP) is 4.90. The fourth-order valence-corrected chi connectivity index (χ4v) is 3.17. The SMILES string of the molecule is O=[N+]([O-])c1ccccc1Sc1cccc2ccccc12. The van der Waals surface area contributed by atoms with Crippen molar-refractivity contribution < 1.29 is 4.92 Å². The summed E-state index contributed by atoms with van der Waals surface area (Å²) >= 11 is 1.43.